The van der Waals surface area contributed by atoms with E-state index in [-0.39, 0.29) is 11.9 Å². The molecule has 4 N–H and O–H groups in total. The Morgan fingerprint density at radius 1 is 1.50 bits per heavy atom. The zero-order chi connectivity index (χ0) is 20.1. The molecule has 28 heavy (non-hydrogen) atoms. The molecule has 0 aliphatic carbocycles. The van der Waals surface area contributed by atoms with Crippen LogP contribution in [0.4, 0.5) is 4.39 Å². The summed E-state index contributed by atoms with van der Waals surface area (Å²) in [6.07, 6.45) is 3.47. The van der Waals surface area contributed by atoms with Crippen molar-refractivity contribution in [2.24, 2.45) is 5.73 Å². The van der Waals surface area contributed by atoms with E-state index in [1.54, 1.807) is 19.3 Å². The van der Waals surface area contributed by atoms with Crippen molar-refractivity contribution in [2.75, 3.05) is 40.4 Å². The van der Waals surface area contributed by atoms with Crippen LogP contribution in [0.15, 0.2) is 30.1 Å². The van der Waals surface area contributed by atoms with Gasteiger partial charge in [-0.1, -0.05) is 12.1 Å². The number of nitrogens with one attached hydrogen (secondary N) is 2. The summed E-state index contributed by atoms with van der Waals surface area (Å²) in [5.74, 6) is -0.308. The highest BCUT2D eigenvalue weighted by Gasteiger charge is 2.24. The van der Waals surface area contributed by atoms with Gasteiger partial charge in [0.15, 0.2) is 0 Å². The lowest BCUT2D eigenvalue weighted by molar-refractivity contribution is 0.191. The van der Waals surface area contributed by atoms with Crippen molar-refractivity contribution in [2.45, 2.75) is 24.9 Å². The van der Waals surface area contributed by atoms with E-state index in [1.807, 2.05) is 19.2 Å². The third-order valence-corrected chi connectivity index (χ3v) is 5.25. The summed E-state index contributed by atoms with van der Waals surface area (Å²) in [6.45, 7) is 3.08. The van der Waals surface area contributed by atoms with Gasteiger partial charge in [0.1, 0.15) is 11.9 Å². The molecule has 7 heteroatoms. The molecule has 1 fully saturated rings. The van der Waals surface area contributed by atoms with Gasteiger partial charge in [0, 0.05) is 56.2 Å². The predicted molar refractivity (Wildman–Crippen MR) is 108 cm³/mol. The Bertz CT molecular complexity index is 808. The van der Waals surface area contributed by atoms with Crippen molar-refractivity contribution in [3.63, 3.8) is 0 Å². The van der Waals surface area contributed by atoms with E-state index in [4.69, 9.17) is 15.7 Å². The largest absolute Gasteiger partial charge is 0.394 e. The van der Waals surface area contributed by atoms with E-state index in [2.05, 4.69) is 15.5 Å². The van der Waals surface area contributed by atoms with Crippen molar-refractivity contribution < 1.29 is 9.13 Å². The lowest BCUT2D eigenvalue weighted by Crippen LogP contribution is -2.36. The summed E-state index contributed by atoms with van der Waals surface area (Å²) in [4.78, 5) is 2.19. The van der Waals surface area contributed by atoms with Crippen molar-refractivity contribution in [1.29, 1.82) is 5.26 Å². The summed E-state index contributed by atoms with van der Waals surface area (Å²) in [7, 11) is 3.77. The van der Waals surface area contributed by atoms with Crippen LogP contribution in [0.25, 0.3) is 11.1 Å². The van der Waals surface area contributed by atoms with Gasteiger partial charge < -0.3 is 26.0 Å². The molecule has 0 amide bonds. The van der Waals surface area contributed by atoms with Crippen molar-refractivity contribution in [3.8, 4) is 6.07 Å². The molecule has 0 bridgehead atoms. The number of nitrogens with two attached hydrogens (primary N) is 1. The highest BCUT2D eigenvalue weighted by molar-refractivity contribution is 5.76. The second-order valence-corrected chi connectivity index (χ2v) is 7.34. The van der Waals surface area contributed by atoms with E-state index >= 15 is 4.39 Å². The fourth-order valence-electron chi connectivity index (χ4n) is 3.72. The zero-order valence-electron chi connectivity index (χ0n) is 16.5. The summed E-state index contributed by atoms with van der Waals surface area (Å²) >= 11 is 0. The fourth-order valence-corrected chi connectivity index (χ4v) is 3.72. The molecular weight excluding hydrogens is 357 g/mol. The normalized spacial score (nSPS) is 22.1. The maximum Gasteiger partial charge on any atom is 0.131 e. The molecule has 0 spiro atoms. The van der Waals surface area contributed by atoms with Gasteiger partial charge >= 0.3 is 0 Å². The average Bonchev–Trinajstić information content (AvgIpc) is 3.20. The second-order valence-electron chi connectivity index (χ2n) is 7.34. The quantitative estimate of drug-likeness (QED) is 0.691. The highest BCUT2D eigenvalue weighted by atomic mass is 19.1. The lowest BCUT2D eigenvalue weighted by atomic mass is 9.93. The van der Waals surface area contributed by atoms with Crippen LogP contribution in [0.1, 0.15) is 24.0 Å². The first-order valence-corrected chi connectivity index (χ1v) is 9.61. The van der Waals surface area contributed by atoms with Crippen LogP contribution in [-0.2, 0) is 4.74 Å². The molecule has 1 aromatic rings. The standard InChI is InChI=1S/C21H28FN5O/c1-25-11-17(20(24)10-23)14-3-4-16(19(22)9-14)18-12-27(2)7-5-21(18)26-15-6-8-28-13-15/h3-4,9,11,15,20,25-26H,5-8,12-13,24H2,1-2H3/b17-11-. The average molecular weight is 385 g/mol. The number of likely N-dealkylation sites (N-methyl/N-ethyl adjacent to an activating group) is 1. The Morgan fingerprint density at radius 3 is 2.96 bits per heavy atom. The summed E-state index contributed by atoms with van der Waals surface area (Å²) in [6, 6.07) is 6.56. The number of hydrogen-bond donors (Lipinski definition) is 3. The smallest absolute Gasteiger partial charge is 0.131 e. The molecule has 0 saturated carbocycles. The lowest BCUT2D eigenvalue weighted by Gasteiger charge is -2.30. The first-order chi connectivity index (χ1) is 13.5. The topological polar surface area (TPSA) is 86.3 Å². The highest BCUT2D eigenvalue weighted by Crippen LogP contribution is 2.29. The minimum atomic E-state index is -0.822. The molecule has 2 heterocycles. The van der Waals surface area contributed by atoms with Crippen LogP contribution >= 0.6 is 0 Å². The Labute approximate surface area is 165 Å². The predicted octanol–water partition coefficient (Wildman–Crippen LogP) is 1.66. The molecule has 3 rings (SSSR count). The summed E-state index contributed by atoms with van der Waals surface area (Å²) in [5, 5.41) is 15.6. The third-order valence-electron chi connectivity index (χ3n) is 5.25. The van der Waals surface area contributed by atoms with Crippen LogP contribution < -0.4 is 16.4 Å². The Kier molecular flexibility index (Phi) is 6.68. The van der Waals surface area contributed by atoms with Gasteiger partial charge in [-0.05, 0) is 30.7 Å². The van der Waals surface area contributed by atoms with Crippen LogP contribution in [0.3, 0.4) is 0 Å². The number of benzene rings is 1. The molecular formula is C21H28FN5O. The van der Waals surface area contributed by atoms with Gasteiger partial charge in [-0.25, -0.2) is 4.39 Å². The van der Waals surface area contributed by atoms with Crippen LogP contribution in [0.5, 0.6) is 0 Å². The molecule has 1 saturated heterocycles. The Morgan fingerprint density at radius 2 is 2.32 bits per heavy atom. The molecule has 0 radical (unpaired) electrons. The zero-order valence-corrected chi connectivity index (χ0v) is 16.5. The van der Waals surface area contributed by atoms with E-state index in [1.165, 1.54) is 6.07 Å². The minimum absolute atomic E-state index is 0.287. The van der Waals surface area contributed by atoms with Gasteiger partial charge in [0.25, 0.3) is 0 Å². The van der Waals surface area contributed by atoms with Crippen LogP contribution in [0.2, 0.25) is 0 Å². The molecule has 2 atom stereocenters. The van der Waals surface area contributed by atoms with Crippen LogP contribution in [0, 0.1) is 17.1 Å². The number of hydrogen-bond acceptors (Lipinski definition) is 6. The number of halogens is 1. The monoisotopic (exact) mass is 385 g/mol. The third kappa shape index (κ3) is 4.53. The molecule has 1 aromatic carbocycles. The second kappa shape index (κ2) is 9.20. The number of nitrogens with zero attached hydrogens (tertiary/aromatic N) is 2. The molecule has 2 aliphatic heterocycles. The Balaban J connectivity index is 1.95. The van der Waals surface area contributed by atoms with Gasteiger partial charge in [-0.15, -0.1) is 0 Å². The van der Waals surface area contributed by atoms with Crippen LogP contribution in [-0.4, -0.2) is 57.4 Å². The number of nitriles is 1. The molecule has 2 aliphatic rings. The number of rotatable bonds is 6. The molecule has 150 valence electrons. The van der Waals surface area contributed by atoms with E-state index in [0.717, 1.165) is 37.3 Å². The van der Waals surface area contributed by atoms with Gasteiger partial charge in [-0.2, -0.15) is 5.26 Å². The molecule has 0 aromatic heterocycles. The minimum Gasteiger partial charge on any atom is -0.394 e. The Hall–Kier alpha value is -2.40. The van der Waals surface area contributed by atoms with Gasteiger partial charge in [-0.3, -0.25) is 0 Å². The van der Waals surface area contributed by atoms with Crippen molar-refractivity contribution >= 4 is 11.1 Å². The van der Waals surface area contributed by atoms with E-state index < -0.39 is 6.04 Å². The van der Waals surface area contributed by atoms with Crippen molar-refractivity contribution in [1.82, 2.24) is 15.5 Å². The SMILES string of the molecule is CN/C=C(/c1ccc(C2=C(NC3CCOC3)CCN(C)C2)c(F)c1)C(N)C#N. The van der Waals surface area contributed by atoms with Crippen molar-refractivity contribution in [3.05, 3.63) is 47.0 Å². The van der Waals surface area contributed by atoms with E-state index in [0.29, 0.717) is 29.9 Å². The summed E-state index contributed by atoms with van der Waals surface area (Å²) in [5.41, 5.74) is 9.70. The number of ether oxygens (including phenoxy) is 1. The molecule has 2 unspecified atom stereocenters. The molecule has 6 nitrogen and oxygen atoms in total. The van der Waals surface area contributed by atoms with Gasteiger partial charge in [0.2, 0.25) is 0 Å². The first-order valence-electron chi connectivity index (χ1n) is 9.61. The first kappa shape index (κ1) is 20.3. The maximum atomic E-state index is 15.1. The summed E-state index contributed by atoms with van der Waals surface area (Å²) < 4.78 is 20.6. The fraction of sp³-hybridized carbons (Fsp3) is 0.476. The van der Waals surface area contributed by atoms with E-state index in [9.17, 15) is 0 Å². The van der Waals surface area contributed by atoms with Gasteiger partial charge in [0.05, 0.1) is 18.7 Å². The maximum absolute atomic E-state index is 15.1.